The molecule has 118 valence electrons. The van der Waals surface area contributed by atoms with Crippen LogP contribution in [0.1, 0.15) is 13.8 Å². The van der Waals surface area contributed by atoms with E-state index in [-0.39, 0.29) is 0 Å². The Morgan fingerprint density at radius 3 is 1.17 bits per heavy atom. The van der Waals surface area contributed by atoms with Gasteiger partial charge >= 0.3 is 0 Å². The van der Waals surface area contributed by atoms with Crippen LogP contribution in [0, 0.1) is 0 Å². The lowest BCUT2D eigenvalue weighted by Gasteiger charge is -2.09. The summed E-state index contributed by atoms with van der Waals surface area (Å²) >= 11 is 0. The first kappa shape index (κ1) is 17.0. The average molecular weight is 304 g/mol. The molecule has 0 radical (unpaired) electrons. The Hall–Kier alpha value is -2.38. The molecule has 0 aliphatic carbocycles. The molecule has 0 unspecified atom stereocenters. The Bertz CT molecular complexity index is 614. The Kier molecular flexibility index (Phi) is 7.09. The topological polar surface area (TPSA) is 9.23 Å². The summed E-state index contributed by atoms with van der Waals surface area (Å²) in [5, 5.41) is 0. The fourth-order valence-electron chi connectivity index (χ4n) is 2.43. The monoisotopic (exact) mass is 304 g/mol. The summed E-state index contributed by atoms with van der Waals surface area (Å²) in [6.07, 6.45) is 0. The van der Waals surface area contributed by atoms with Crippen LogP contribution < -0.4 is 0 Å². The van der Waals surface area contributed by atoms with Gasteiger partial charge in [0.2, 0.25) is 0 Å². The first-order chi connectivity index (χ1) is 11.4. The fourth-order valence-corrected chi connectivity index (χ4v) is 2.43. The van der Waals surface area contributed by atoms with Gasteiger partial charge in [-0.25, -0.2) is 0 Å². The van der Waals surface area contributed by atoms with Crippen LogP contribution in [0.5, 0.6) is 0 Å². The summed E-state index contributed by atoms with van der Waals surface area (Å²) in [6, 6.07) is 29.6. The lowest BCUT2D eigenvalue weighted by atomic mass is 9.95. The molecule has 0 aliphatic rings. The molecule has 0 atom stereocenters. The number of rotatable bonds is 4. The molecular formula is C22H24O. The summed E-state index contributed by atoms with van der Waals surface area (Å²) in [6.45, 7) is 5.67. The zero-order chi connectivity index (χ0) is 16.3. The molecule has 0 saturated heterocycles. The van der Waals surface area contributed by atoms with Crippen molar-refractivity contribution in [1.29, 1.82) is 0 Å². The summed E-state index contributed by atoms with van der Waals surface area (Å²) in [5.41, 5.74) is 5.09. The van der Waals surface area contributed by atoms with Crippen LogP contribution in [0.15, 0.2) is 84.9 Å². The third kappa shape index (κ3) is 5.08. The number of hydrogen-bond acceptors (Lipinski definition) is 1. The third-order valence-corrected chi connectivity index (χ3v) is 3.50. The Morgan fingerprint density at radius 1 is 0.522 bits per heavy atom. The molecule has 0 N–H and O–H groups in total. The van der Waals surface area contributed by atoms with Gasteiger partial charge in [-0.1, -0.05) is 84.9 Å². The van der Waals surface area contributed by atoms with Crippen LogP contribution in [0.4, 0.5) is 0 Å². The highest BCUT2D eigenvalue weighted by atomic mass is 16.5. The minimum absolute atomic E-state index is 0.844. The first-order valence-electron chi connectivity index (χ1n) is 8.14. The second kappa shape index (κ2) is 9.60. The second-order valence-electron chi connectivity index (χ2n) is 5.06. The smallest absolute Gasteiger partial charge is 0.0437 e. The van der Waals surface area contributed by atoms with Gasteiger partial charge < -0.3 is 4.74 Å². The lowest BCUT2D eigenvalue weighted by molar-refractivity contribution is 0.162. The maximum Gasteiger partial charge on any atom is 0.0437 e. The maximum atomic E-state index is 4.83. The van der Waals surface area contributed by atoms with Crippen molar-refractivity contribution < 1.29 is 4.74 Å². The van der Waals surface area contributed by atoms with Gasteiger partial charge in [-0.2, -0.15) is 0 Å². The van der Waals surface area contributed by atoms with E-state index in [0.717, 1.165) is 13.2 Å². The summed E-state index contributed by atoms with van der Waals surface area (Å²) < 4.78 is 4.83. The highest BCUT2D eigenvalue weighted by Gasteiger charge is 2.05. The van der Waals surface area contributed by atoms with E-state index >= 15 is 0 Å². The maximum absolute atomic E-state index is 4.83. The molecule has 3 aromatic rings. The quantitative estimate of drug-likeness (QED) is 0.569. The molecule has 1 nitrogen and oxygen atoms in total. The lowest BCUT2D eigenvalue weighted by Crippen LogP contribution is -1.84. The van der Waals surface area contributed by atoms with Gasteiger partial charge in [0.05, 0.1) is 0 Å². The molecule has 3 aromatic carbocycles. The average Bonchev–Trinajstić information content (AvgIpc) is 2.64. The normalized spacial score (nSPS) is 9.83. The van der Waals surface area contributed by atoms with E-state index in [1.54, 1.807) is 0 Å². The van der Waals surface area contributed by atoms with Crippen molar-refractivity contribution in [3.8, 4) is 22.3 Å². The van der Waals surface area contributed by atoms with Crippen LogP contribution >= 0.6 is 0 Å². The molecule has 0 bridgehead atoms. The van der Waals surface area contributed by atoms with E-state index in [4.69, 9.17) is 4.74 Å². The minimum Gasteiger partial charge on any atom is -0.382 e. The van der Waals surface area contributed by atoms with E-state index < -0.39 is 0 Å². The van der Waals surface area contributed by atoms with E-state index in [1.165, 1.54) is 22.3 Å². The molecule has 0 heterocycles. The van der Waals surface area contributed by atoms with E-state index in [2.05, 4.69) is 84.9 Å². The zero-order valence-electron chi connectivity index (χ0n) is 13.9. The minimum atomic E-state index is 0.844. The second-order valence-corrected chi connectivity index (χ2v) is 5.06. The molecule has 0 aromatic heterocycles. The van der Waals surface area contributed by atoms with Gasteiger partial charge in [0.1, 0.15) is 0 Å². The molecule has 0 spiro atoms. The van der Waals surface area contributed by atoms with Crippen LogP contribution in [0.3, 0.4) is 0 Å². The molecule has 0 amide bonds. The molecule has 3 rings (SSSR count). The molecule has 0 fully saturated rings. The number of benzene rings is 3. The molecule has 0 saturated carbocycles. The van der Waals surface area contributed by atoms with Crippen LogP contribution in [-0.2, 0) is 4.74 Å². The highest BCUT2D eigenvalue weighted by Crippen LogP contribution is 2.31. The van der Waals surface area contributed by atoms with Crippen molar-refractivity contribution in [2.75, 3.05) is 13.2 Å². The highest BCUT2D eigenvalue weighted by molar-refractivity contribution is 5.83. The van der Waals surface area contributed by atoms with E-state index in [0.29, 0.717) is 0 Å². The Morgan fingerprint density at radius 2 is 0.870 bits per heavy atom. The molecule has 0 aliphatic heterocycles. The van der Waals surface area contributed by atoms with Crippen LogP contribution in [-0.4, -0.2) is 13.2 Å². The van der Waals surface area contributed by atoms with Gasteiger partial charge in [0, 0.05) is 13.2 Å². The molecular weight excluding hydrogens is 280 g/mol. The SMILES string of the molecule is CCOCC.c1ccc(-c2ccccc2-c2ccccc2)cc1. The fraction of sp³-hybridized carbons (Fsp3) is 0.182. The van der Waals surface area contributed by atoms with Gasteiger partial charge in [0.15, 0.2) is 0 Å². The van der Waals surface area contributed by atoms with Gasteiger partial charge in [0.25, 0.3) is 0 Å². The predicted molar refractivity (Wildman–Crippen MR) is 99.5 cm³/mol. The van der Waals surface area contributed by atoms with Crippen molar-refractivity contribution in [3.05, 3.63) is 84.9 Å². The largest absolute Gasteiger partial charge is 0.382 e. The van der Waals surface area contributed by atoms with Crippen molar-refractivity contribution in [3.63, 3.8) is 0 Å². The van der Waals surface area contributed by atoms with Crippen molar-refractivity contribution in [2.24, 2.45) is 0 Å². The first-order valence-corrected chi connectivity index (χ1v) is 8.14. The zero-order valence-corrected chi connectivity index (χ0v) is 13.9. The Balaban J connectivity index is 0.000000338. The summed E-state index contributed by atoms with van der Waals surface area (Å²) in [4.78, 5) is 0. The molecule has 23 heavy (non-hydrogen) atoms. The van der Waals surface area contributed by atoms with Crippen molar-refractivity contribution in [1.82, 2.24) is 0 Å². The molecule has 1 heteroatoms. The van der Waals surface area contributed by atoms with E-state index in [1.807, 2.05) is 13.8 Å². The Labute approximate surface area is 139 Å². The standard InChI is InChI=1S/C18H14.C4H10O/c1-3-9-15(10-4-1)17-13-7-8-14-18(17)16-11-5-2-6-12-16;1-3-5-4-2/h1-14H;3-4H2,1-2H3. The third-order valence-electron chi connectivity index (χ3n) is 3.50. The number of ether oxygens (including phenoxy) is 1. The van der Waals surface area contributed by atoms with Gasteiger partial charge in [-0.15, -0.1) is 0 Å². The van der Waals surface area contributed by atoms with Crippen LogP contribution in [0.25, 0.3) is 22.3 Å². The van der Waals surface area contributed by atoms with Gasteiger partial charge in [-0.3, -0.25) is 0 Å². The van der Waals surface area contributed by atoms with Crippen molar-refractivity contribution in [2.45, 2.75) is 13.8 Å². The van der Waals surface area contributed by atoms with Crippen molar-refractivity contribution >= 4 is 0 Å². The van der Waals surface area contributed by atoms with Gasteiger partial charge in [-0.05, 0) is 36.1 Å². The predicted octanol–water partition coefficient (Wildman–Crippen LogP) is 6.06. The summed E-state index contributed by atoms with van der Waals surface area (Å²) in [5.74, 6) is 0. The summed E-state index contributed by atoms with van der Waals surface area (Å²) in [7, 11) is 0. The number of hydrogen-bond donors (Lipinski definition) is 0. The van der Waals surface area contributed by atoms with E-state index in [9.17, 15) is 0 Å². The van der Waals surface area contributed by atoms with Crippen LogP contribution in [0.2, 0.25) is 0 Å².